The smallest absolute Gasteiger partial charge is 0.307 e. The van der Waals surface area contributed by atoms with Crippen molar-refractivity contribution in [3.8, 4) is 11.3 Å². The zero-order chi connectivity index (χ0) is 18.5. The maximum Gasteiger partial charge on any atom is 0.307 e. The lowest BCUT2D eigenvalue weighted by atomic mass is 10.0. The van der Waals surface area contributed by atoms with E-state index in [2.05, 4.69) is 20.0 Å². The van der Waals surface area contributed by atoms with Crippen LogP contribution in [-0.2, 0) is 9.53 Å². The third-order valence-electron chi connectivity index (χ3n) is 4.00. The molecule has 0 radical (unpaired) electrons. The summed E-state index contributed by atoms with van der Waals surface area (Å²) in [5.41, 5.74) is 2.73. The van der Waals surface area contributed by atoms with Crippen LogP contribution in [0.4, 0.5) is 0 Å². The van der Waals surface area contributed by atoms with E-state index in [0.717, 1.165) is 16.5 Å². The number of nitrogens with zero attached hydrogens (tertiary/aromatic N) is 2. The van der Waals surface area contributed by atoms with Gasteiger partial charge in [0.2, 0.25) is 0 Å². The number of benzene rings is 1. The van der Waals surface area contributed by atoms with Gasteiger partial charge in [0.05, 0.1) is 30.3 Å². The molecule has 3 aromatic rings. The Bertz CT molecular complexity index is 941. The molecule has 0 spiro atoms. The fraction of sp³-hybridized carbons (Fsp3) is 0.200. The van der Waals surface area contributed by atoms with Crippen molar-refractivity contribution in [2.45, 2.75) is 19.4 Å². The molecule has 1 N–H and O–H groups in total. The van der Waals surface area contributed by atoms with Gasteiger partial charge in [-0.3, -0.25) is 14.6 Å². The van der Waals surface area contributed by atoms with Crippen molar-refractivity contribution in [3.05, 3.63) is 60.4 Å². The Hall–Kier alpha value is -3.28. The molecule has 26 heavy (non-hydrogen) atoms. The molecule has 0 bridgehead atoms. The molecule has 6 nitrogen and oxygen atoms in total. The number of rotatable bonds is 5. The van der Waals surface area contributed by atoms with E-state index in [4.69, 9.17) is 0 Å². The first-order chi connectivity index (χ1) is 12.6. The summed E-state index contributed by atoms with van der Waals surface area (Å²) in [6, 6.07) is 12.6. The van der Waals surface area contributed by atoms with Crippen LogP contribution in [0.2, 0.25) is 0 Å². The third-order valence-corrected chi connectivity index (χ3v) is 4.00. The van der Waals surface area contributed by atoms with Gasteiger partial charge >= 0.3 is 5.97 Å². The summed E-state index contributed by atoms with van der Waals surface area (Å²) >= 11 is 0. The Morgan fingerprint density at radius 1 is 1.19 bits per heavy atom. The van der Waals surface area contributed by atoms with Crippen LogP contribution in [0, 0.1) is 0 Å². The van der Waals surface area contributed by atoms with Gasteiger partial charge in [0, 0.05) is 29.4 Å². The van der Waals surface area contributed by atoms with Crippen molar-refractivity contribution < 1.29 is 14.3 Å². The fourth-order valence-corrected chi connectivity index (χ4v) is 2.71. The molecule has 6 heteroatoms. The monoisotopic (exact) mass is 349 g/mol. The second kappa shape index (κ2) is 7.74. The van der Waals surface area contributed by atoms with Crippen molar-refractivity contribution in [1.29, 1.82) is 0 Å². The molecule has 2 aromatic heterocycles. The third kappa shape index (κ3) is 3.85. The predicted molar refractivity (Wildman–Crippen MR) is 98.5 cm³/mol. The summed E-state index contributed by atoms with van der Waals surface area (Å²) in [7, 11) is 1.33. The Labute approximate surface area is 151 Å². The van der Waals surface area contributed by atoms with Crippen molar-refractivity contribution in [3.63, 3.8) is 0 Å². The van der Waals surface area contributed by atoms with E-state index in [1.807, 2.05) is 36.4 Å². The number of pyridine rings is 2. The second-order valence-electron chi connectivity index (χ2n) is 5.97. The Balaban J connectivity index is 1.98. The number of nitrogens with one attached hydrogen (secondary N) is 1. The predicted octanol–water partition coefficient (Wildman–Crippen LogP) is 2.98. The lowest BCUT2D eigenvalue weighted by Crippen LogP contribution is -2.34. The number of carbonyl (C=O) groups is 2. The van der Waals surface area contributed by atoms with Crippen molar-refractivity contribution >= 4 is 22.8 Å². The highest BCUT2D eigenvalue weighted by molar-refractivity contribution is 6.07. The summed E-state index contributed by atoms with van der Waals surface area (Å²) in [5, 5.41) is 3.60. The number of esters is 1. The Morgan fingerprint density at radius 2 is 2.00 bits per heavy atom. The van der Waals surface area contributed by atoms with Crippen LogP contribution in [0.3, 0.4) is 0 Å². The normalized spacial score (nSPS) is 11.8. The van der Waals surface area contributed by atoms with Crippen LogP contribution in [0.15, 0.2) is 54.9 Å². The van der Waals surface area contributed by atoms with Crippen molar-refractivity contribution in [2.75, 3.05) is 7.11 Å². The highest BCUT2D eigenvalue weighted by Gasteiger charge is 2.17. The summed E-state index contributed by atoms with van der Waals surface area (Å²) in [5.74, 6) is -0.626. The first kappa shape index (κ1) is 17.5. The number of para-hydroxylation sites is 1. The SMILES string of the molecule is COC(=O)CC(C)NC(=O)c1cc(-c2cccnc2)nc2ccccc12. The van der Waals surface area contributed by atoms with Gasteiger partial charge in [-0.1, -0.05) is 18.2 Å². The number of hydrogen-bond donors (Lipinski definition) is 1. The van der Waals surface area contributed by atoms with Gasteiger partial charge in [-0.2, -0.15) is 0 Å². The number of amides is 1. The minimum Gasteiger partial charge on any atom is -0.469 e. The van der Waals surface area contributed by atoms with Gasteiger partial charge in [0.15, 0.2) is 0 Å². The van der Waals surface area contributed by atoms with E-state index < -0.39 is 0 Å². The standard InChI is InChI=1S/C20H19N3O3/c1-13(10-19(24)26-2)22-20(25)16-11-18(14-6-5-9-21-12-14)23-17-8-4-3-7-15(16)17/h3-9,11-13H,10H2,1-2H3,(H,22,25). The van der Waals surface area contributed by atoms with E-state index in [9.17, 15) is 9.59 Å². The van der Waals surface area contributed by atoms with E-state index >= 15 is 0 Å². The molecule has 2 heterocycles. The highest BCUT2D eigenvalue weighted by Crippen LogP contribution is 2.24. The molecular weight excluding hydrogens is 330 g/mol. The second-order valence-corrected chi connectivity index (χ2v) is 5.97. The van der Waals surface area contributed by atoms with Crippen molar-refractivity contribution in [1.82, 2.24) is 15.3 Å². The number of hydrogen-bond acceptors (Lipinski definition) is 5. The summed E-state index contributed by atoms with van der Waals surface area (Å²) in [6.07, 6.45) is 3.51. The fourth-order valence-electron chi connectivity index (χ4n) is 2.71. The summed E-state index contributed by atoms with van der Waals surface area (Å²) < 4.78 is 4.65. The quantitative estimate of drug-likeness (QED) is 0.716. The molecule has 1 atom stereocenters. The number of ether oxygens (including phenoxy) is 1. The zero-order valence-corrected chi connectivity index (χ0v) is 14.6. The lowest BCUT2D eigenvalue weighted by Gasteiger charge is -2.14. The topological polar surface area (TPSA) is 81.2 Å². The van der Waals surface area contributed by atoms with E-state index in [1.165, 1.54) is 7.11 Å². The van der Waals surface area contributed by atoms with Gasteiger partial charge in [0.25, 0.3) is 5.91 Å². The van der Waals surface area contributed by atoms with Crippen LogP contribution >= 0.6 is 0 Å². The molecule has 0 saturated carbocycles. The zero-order valence-electron chi connectivity index (χ0n) is 14.6. The number of methoxy groups -OCH3 is 1. The van der Waals surface area contributed by atoms with Gasteiger partial charge < -0.3 is 10.1 Å². The molecule has 0 aliphatic rings. The van der Waals surface area contributed by atoms with Gasteiger partial charge in [-0.05, 0) is 31.2 Å². The molecule has 3 rings (SSSR count). The molecule has 132 valence electrons. The average molecular weight is 349 g/mol. The minimum absolute atomic E-state index is 0.112. The largest absolute Gasteiger partial charge is 0.469 e. The molecule has 1 aromatic carbocycles. The maximum atomic E-state index is 12.8. The summed E-state index contributed by atoms with van der Waals surface area (Å²) in [6.45, 7) is 1.76. The number of fused-ring (bicyclic) bond motifs is 1. The van der Waals surface area contributed by atoms with E-state index in [-0.39, 0.29) is 24.3 Å². The van der Waals surface area contributed by atoms with Crippen LogP contribution in [0.5, 0.6) is 0 Å². The first-order valence-electron chi connectivity index (χ1n) is 8.26. The van der Waals surface area contributed by atoms with E-state index in [0.29, 0.717) is 11.3 Å². The highest BCUT2D eigenvalue weighted by atomic mass is 16.5. The first-order valence-corrected chi connectivity index (χ1v) is 8.26. The Morgan fingerprint density at radius 3 is 2.73 bits per heavy atom. The lowest BCUT2D eigenvalue weighted by molar-refractivity contribution is -0.141. The molecule has 0 aliphatic heterocycles. The molecule has 0 aliphatic carbocycles. The molecule has 1 amide bonds. The Kier molecular flexibility index (Phi) is 5.22. The van der Waals surface area contributed by atoms with Crippen LogP contribution in [0.1, 0.15) is 23.7 Å². The number of aromatic nitrogens is 2. The molecular formula is C20H19N3O3. The molecule has 1 unspecified atom stereocenters. The summed E-state index contributed by atoms with van der Waals surface area (Å²) in [4.78, 5) is 33.0. The van der Waals surface area contributed by atoms with Gasteiger partial charge in [-0.25, -0.2) is 4.98 Å². The van der Waals surface area contributed by atoms with Gasteiger partial charge in [-0.15, -0.1) is 0 Å². The molecule has 0 fully saturated rings. The van der Waals surface area contributed by atoms with Gasteiger partial charge in [0.1, 0.15) is 0 Å². The number of carbonyl (C=O) groups excluding carboxylic acids is 2. The molecule has 0 saturated heterocycles. The van der Waals surface area contributed by atoms with Crippen LogP contribution in [0.25, 0.3) is 22.2 Å². The average Bonchev–Trinajstić information content (AvgIpc) is 2.67. The van der Waals surface area contributed by atoms with E-state index in [1.54, 1.807) is 25.4 Å². The van der Waals surface area contributed by atoms with Crippen LogP contribution in [-0.4, -0.2) is 35.0 Å². The van der Waals surface area contributed by atoms with Crippen LogP contribution < -0.4 is 5.32 Å². The maximum absolute atomic E-state index is 12.8. The van der Waals surface area contributed by atoms with Crippen molar-refractivity contribution in [2.24, 2.45) is 0 Å². The minimum atomic E-state index is -0.367.